The van der Waals surface area contributed by atoms with E-state index in [0.717, 1.165) is 6.42 Å². The maximum atomic E-state index is 11.3. The molecule has 1 amide bonds. The second kappa shape index (κ2) is 9.29. The summed E-state index contributed by atoms with van der Waals surface area (Å²) in [6.07, 6.45) is 2.42. The predicted octanol–water partition coefficient (Wildman–Crippen LogP) is -0.226. The van der Waals surface area contributed by atoms with E-state index < -0.39 is 10.0 Å². The molecule has 0 spiro atoms. The number of amides is 1. The summed E-state index contributed by atoms with van der Waals surface area (Å²) < 4.78 is 24.0. The molecule has 0 aliphatic rings. The lowest BCUT2D eigenvalue weighted by atomic mass is 10.3. The standard InChI is InChI=1S/C11H25N3O3S/c1-4-13-11(15)7-9-12-8-6-10-14(5-2)18(3,16)17/h12H,4-10H2,1-3H3,(H,13,15). The van der Waals surface area contributed by atoms with Crippen molar-refractivity contribution in [2.24, 2.45) is 0 Å². The zero-order valence-corrected chi connectivity index (χ0v) is 12.3. The van der Waals surface area contributed by atoms with Gasteiger partial charge in [-0.2, -0.15) is 0 Å². The first kappa shape index (κ1) is 17.3. The number of carbonyl (C=O) groups excluding carboxylic acids is 1. The summed E-state index contributed by atoms with van der Waals surface area (Å²) in [4.78, 5) is 11.1. The van der Waals surface area contributed by atoms with Gasteiger partial charge in [-0.1, -0.05) is 6.92 Å². The van der Waals surface area contributed by atoms with Gasteiger partial charge in [0.25, 0.3) is 0 Å². The molecule has 6 nitrogen and oxygen atoms in total. The van der Waals surface area contributed by atoms with Crippen molar-refractivity contribution >= 4 is 15.9 Å². The van der Waals surface area contributed by atoms with Gasteiger partial charge in [0.15, 0.2) is 0 Å². The van der Waals surface area contributed by atoms with Gasteiger partial charge < -0.3 is 10.6 Å². The van der Waals surface area contributed by atoms with Gasteiger partial charge in [-0.3, -0.25) is 4.79 Å². The number of carbonyl (C=O) groups is 1. The average molecular weight is 279 g/mol. The maximum Gasteiger partial charge on any atom is 0.221 e. The number of hydrogen-bond donors (Lipinski definition) is 2. The van der Waals surface area contributed by atoms with Crippen LogP contribution >= 0.6 is 0 Å². The van der Waals surface area contributed by atoms with Gasteiger partial charge in [-0.15, -0.1) is 0 Å². The fourth-order valence-electron chi connectivity index (χ4n) is 1.55. The zero-order chi connectivity index (χ0) is 14.0. The predicted molar refractivity (Wildman–Crippen MR) is 72.9 cm³/mol. The number of sulfonamides is 1. The molecular weight excluding hydrogens is 254 g/mol. The molecule has 0 heterocycles. The van der Waals surface area contributed by atoms with E-state index in [4.69, 9.17) is 0 Å². The lowest BCUT2D eigenvalue weighted by Crippen LogP contribution is -2.33. The Kier molecular flexibility index (Phi) is 8.95. The highest BCUT2D eigenvalue weighted by Gasteiger charge is 2.12. The highest BCUT2D eigenvalue weighted by Crippen LogP contribution is 1.98. The molecule has 0 unspecified atom stereocenters. The summed E-state index contributed by atoms with van der Waals surface area (Å²) in [6.45, 7) is 6.71. The van der Waals surface area contributed by atoms with Crippen LogP contribution in [-0.4, -0.2) is 57.6 Å². The van der Waals surface area contributed by atoms with Gasteiger partial charge in [0.05, 0.1) is 6.26 Å². The fourth-order valence-corrected chi connectivity index (χ4v) is 2.48. The molecule has 0 aromatic carbocycles. The summed E-state index contributed by atoms with van der Waals surface area (Å²) >= 11 is 0. The second-order valence-electron chi connectivity index (χ2n) is 4.06. The van der Waals surface area contributed by atoms with E-state index in [9.17, 15) is 13.2 Å². The Morgan fingerprint density at radius 3 is 2.39 bits per heavy atom. The summed E-state index contributed by atoms with van der Waals surface area (Å²) in [5, 5.41) is 5.84. The van der Waals surface area contributed by atoms with Crippen LogP contribution in [0, 0.1) is 0 Å². The topological polar surface area (TPSA) is 78.5 Å². The van der Waals surface area contributed by atoms with E-state index in [1.54, 1.807) is 0 Å². The minimum Gasteiger partial charge on any atom is -0.356 e. The van der Waals surface area contributed by atoms with Crippen molar-refractivity contribution in [1.82, 2.24) is 14.9 Å². The van der Waals surface area contributed by atoms with E-state index >= 15 is 0 Å². The van der Waals surface area contributed by atoms with Crippen LogP contribution in [0.3, 0.4) is 0 Å². The Balaban J connectivity index is 3.59. The quantitative estimate of drug-likeness (QED) is 0.542. The number of hydrogen-bond acceptors (Lipinski definition) is 4. The third-order valence-corrected chi connectivity index (χ3v) is 3.86. The summed E-state index contributed by atoms with van der Waals surface area (Å²) in [5.41, 5.74) is 0. The van der Waals surface area contributed by atoms with Crippen molar-refractivity contribution < 1.29 is 13.2 Å². The van der Waals surface area contributed by atoms with Crippen molar-refractivity contribution in [2.75, 3.05) is 39.0 Å². The summed E-state index contributed by atoms with van der Waals surface area (Å²) in [7, 11) is -3.09. The molecule has 0 rings (SSSR count). The fraction of sp³-hybridized carbons (Fsp3) is 0.909. The first-order chi connectivity index (χ1) is 8.41. The SMILES string of the molecule is CCNC(=O)CCNCCCN(CC)S(C)(=O)=O. The Morgan fingerprint density at radius 2 is 1.89 bits per heavy atom. The summed E-state index contributed by atoms with van der Waals surface area (Å²) in [5.74, 6) is 0.0383. The van der Waals surface area contributed by atoms with Crippen molar-refractivity contribution in [3.8, 4) is 0 Å². The molecule has 0 atom stereocenters. The van der Waals surface area contributed by atoms with E-state index in [0.29, 0.717) is 39.1 Å². The van der Waals surface area contributed by atoms with Crippen LogP contribution in [-0.2, 0) is 14.8 Å². The minimum absolute atomic E-state index is 0.0383. The van der Waals surface area contributed by atoms with E-state index in [2.05, 4.69) is 10.6 Å². The lowest BCUT2D eigenvalue weighted by Gasteiger charge is -2.17. The largest absolute Gasteiger partial charge is 0.356 e. The molecule has 0 aromatic rings. The number of nitrogens with one attached hydrogen (secondary N) is 2. The smallest absolute Gasteiger partial charge is 0.221 e. The molecule has 0 bridgehead atoms. The van der Waals surface area contributed by atoms with Crippen molar-refractivity contribution in [1.29, 1.82) is 0 Å². The molecule has 2 N–H and O–H groups in total. The molecular formula is C11H25N3O3S. The molecule has 0 fully saturated rings. The van der Waals surface area contributed by atoms with E-state index in [1.807, 2.05) is 13.8 Å². The minimum atomic E-state index is -3.09. The van der Waals surface area contributed by atoms with Crippen LogP contribution in [0.1, 0.15) is 26.7 Å². The van der Waals surface area contributed by atoms with Gasteiger partial charge in [0.1, 0.15) is 0 Å². The van der Waals surface area contributed by atoms with Gasteiger partial charge in [0.2, 0.25) is 15.9 Å². The first-order valence-corrected chi connectivity index (χ1v) is 8.19. The van der Waals surface area contributed by atoms with Crippen LogP contribution < -0.4 is 10.6 Å². The van der Waals surface area contributed by atoms with E-state index in [-0.39, 0.29) is 5.91 Å². The van der Waals surface area contributed by atoms with Crippen molar-refractivity contribution in [3.05, 3.63) is 0 Å². The van der Waals surface area contributed by atoms with E-state index in [1.165, 1.54) is 10.6 Å². The molecule has 0 saturated heterocycles. The Bertz CT molecular complexity index is 330. The van der Waals surface area contributed by atoms with Gasteiger partial charge in [0, 0.05) is 32.6 Å². The van der Waals surface area contributed by atoms with Crippen LogP contribution in [0.5, 0.6) is 0 Å². The maximum absolute atomic E-state index is 11.3. The molecule has 0 radical (unpaired) electrons. The lowest BCUT2D eigenvalue weighted by molar-refractivity contribution is -0.120. The molecule has 0 aliphatic heterocycles. The van der Waals surface area contributed by atoms with Crippen LogP contribution in [0.2, 0.25) is 0 Å². The van der Waals surface area contributed by atoms with Gasteiger partial charge in [-0.25, -0.2) is 12.7 Å². The molecule has 108 valence electrons. The Morgan fingerprint density at radius 1 is 1.22 bits per heavy atom. The Hall–Kier alpha value is -0.660. The van der Waals surface area contributed by atoms with Gasteiger partial charge in [-0.05, 0) is 19.9 Å². The molecule has 0 aliphatic carbocycles. The first-order valence-electron chi connectivity index (χ1n) is 6.34. The third-order valence-electron chi connectivity index (χ3n) is 2.49. The zero-order valence-electron chi connectivity index (χ0n) is 11.5. The average Bonchev–Trinajstić information content (AvgIpc) is 2.26. The molecule has 0 aromatic heterocycles. The van der Waals surface area contributed by atoms with Crippen LogP contribution in [0.15, 0.2) is 0 Å². The second-order valence-corrected chi connectivity index (χ2v) is 6.04. The van der Waals surface area contributed by atoms with Crippen molar-refractivity contribution in [3.63, 3.8) is 0 Å². The molecule has 0 saturated carbocycles. The molecule has 7 heteroatoms. The number of rotatable bonds is 10. The highest BCUT2D eigenvalue weighted by atomic mass is 32.2. The summed E-state index contributed by atoms with van der Waals surface area (Å²) in [6, 6.07) is 0. The van der Waals surface area contributed by atoms with Gasteiger partial charge >= 0.3 is 0 Å². The normalized spacial score (nSPS) is 11.8. The Labute approximate surface area is 110 Å². The van der Waals surface area contributed by atoms with Crippen molar-refractivity contribution in [2.45, 2.75) is 26.7 Å². The number of nitrogens with zero attached hydrogens (tertiary/aromatic N) is 1. The van der Waals surface area contributed by atoms with Crippen LogP contribution in [0.25, 0.3) is 0 Å². The van der Waals surface area contributed by atoms with Crippen LogP contribution in [0.4, 0.5) is 0 Å². The molecule has 18 heavy (non-hydrogen) atoms. The third kappa shape index (κ3) is 8.43. The highest BCUT2D eigenvalue weighted by molar-refractivity contribution is 7.88. The monoisotopic (exact) mass is 279 g/mol.